The number of nitrogens with zero attached hydrogens (tertiary/aromatic N) is 2. The summed E-state index contributed by atoms with van der Waals surface area (Å²) in [5.41, 5.74) is 0.653. The Bertz CT molecular complexity index is 822. The molecule has 4 nitrogen and oxygen atoms in total. The van der Waals surface area contributed by atoms with E-state index in [0.717, 1.165) is 6.07 Å². The molecule has 0 amide bonds. The Morgan fingerprint density at radius 1 is 1.00 bits per heavy atom. The molecular formula is C17H13F2N3O. The fraction of sp³-hybridized carbons (Fsp3) is 0.0588. The van der Waals surface area contributed by atoms with Crippen LogP contribution in [0, 0.1) is 11.6 Å². The third-order valence-corrected chi connectivity index (χ3v) is 3.26. The number of aromatic nitrogens is 2. The van der Waals surface area contributed by atoms with Crippen molar-refractivity contribution in [3.8, 4) is 16.9 Å². The normalized spacial score (nSPS) is 10.4. The van der Waals surface area contributed by atoms with Gasteiger partial charge in [0.2, 0.25) is 0 Å². The predicted molar refractivity (Wildman–Crippen MR) is 83.7 cm³/mol. The first-order valence-corrected chi connectivity index (χ1v) is 6.85. The van der Waals surface area contributed by atoms with Gasteiger partial charge >= 0.3 is 0 Å². The quantitative estimate of drug-likeness (QED) is 0.785. The predicted octanol–water partition coefficient (Wildman–Crippen LogP) is 4.17. The van der Waals surface area contributed by atoms with Gasteiger partial charge in [-0.3, -0.25) is 0 Å². The van der Waals surface area contributed by atoms with Crippen LogP contribution < -0.4 is 10.1 Å². The van der Waals surface area contributed by atoms with E-state index in [1.165, 1.54) is 18.3 Å². The largest absolute Gasteiger partial charge is 0.493 e. The zero-order chi connectivity index (χ0) is 16.2. The molecule has 3 rings (SSSR count). The number of halogens is 2. The van der Waals surface area contributed by atoms with Crippen LogP contribution in [0.15, 0.2) is 54.9 Å². The van der Waals surface area contributed by atoms with E-state index in [4.69, 9.17) is 4.74 Å². The van der Waals surface area contributed by atoms with Crippen LogP contribution in [0.5, 0.6) is 5.75 Å². The monoisotopic (exact) mass is 313 g/mol. The molecule has 1 N–H and O–H groups in total. The molecule has 116 valence electrons. The smallest absolute Gasteiger partial charge is 0.174 e. The van der Waals surface area contributed by atoms with Crippen LogP contribution in [0.3, 0.4) is 0 Å². The summed E-state index contributed by atoms with van der Waals surface area (Å²) in [7, 11) is 1.55. The maximum atomic E-state index is 13.8. The number of benzene rings is 1. The van der Waals surface area contributed by atoms with Gasteiger partial charge in [-0.1, -0.05) is 12.1 Å². The zero-order valence-corrected chi connectivity index (χ0v) is 12.3. The lowest BCUT2D eigenvalue weighted by Crippen LogP contribution is -1.99. The molecule has 6 heteroatoms. The topological polar surface area (TPSA) is 47.0 Å². The summed E-state index contributed by atoms with van der Waals surface area (Å²) in [5, 5.41) is 3.01. The van der Waals surface area contributed by atoms with Crippen molar-refractivity contribution in [2.75, 3.05) is 12.4 Å². The Morgan fingerprint density at radius 2 is 1.87 bits per heavy atom. The molecule has 0 saturated carbocycles. The molecule has 0 radical (unpaired) electrons. The summed E-state index contributed by atoms with van der Waals surface area (Å²) in [6.45, 7) is 0. The highest BCUT2D eigenvalue weighted by Crippen LogP contribution is 2.27. The molecule has 2 heterocycles. The Labute approximate surface area is 131 Å². The summed E-state index contributed by atoms with van der Waals surface area (Å²) in [6, 6.07) is 10.9. The van der Waals surface area contributed by atoms with E-state index in [1.807, 2.05) is 0 Å². The second-order valence-corrected chi connectivity index (χ2v) is 4.71. The summed E-state index contributed by atoms with van der Waals surface area (Å²) in [5.74, 6) is -0.159. The minimum atomic E-state index is -0.888. The lowest BCUT2D eigenvalue weighted by molar-refractivity contribution is 0.415. The van der Waals surface area contributed by atoms with E-state index in [9.17, 15) is 8.78 Å². The molecule has 1 aromatic carbocycles. The lowest BCUT2D eigenvalue weighted by atomic mass is 10.1. The Morgan fingerprint density at radius 3 is 2.61 bits per heavy atom. The minimum absolute atomic E-state index is 0.166. The van der Waals surface area contributed by atoms with E-state index in [-0.39, 0.29) is 5.56 Å². The van der Waals surface area contributed by atoms with E-state index in [1.54, 1.807) is 37.6 Å². The van der Waals surface area contributed by atoms with Crippen LogP contribution in [-0.4, -0.2) is 17.1 Å². The maximum Gasteiger partial charge on any atom is 0.174 e. The Hall–Kier alpha value is -3.02. The fourth-order valence-corrected chi connectivity index (χ4v) is 2.12. The fourth-order valence-electron chi connectivity index (χ4n) is 2.12. The SMILES string of the molecule is COc1cccnc1Nc1ccc(-c2cccc(F)c2F)cn1. The first-order valence-electron chi connectivity index (χ1n) is 6.85. The molecule has 0 aliphatic carbocycles. The number of hydrogen-bond acceptors (Lipinski definition) is 4. The second-order valence-electron chi connectivity index (χ2n) is 4.71. The van der Waals surface area contributed by atoms with E-state index in [2.05, 4.69) is 15.3 Å². The van der Waals surface area contributed by atoms with Crippen molar-refractivity contribution >= 4 is 11.6 Å². The van der Waals surface area contributed by atoms with Gasteiger partial charge in [0.15, 0.2) is 23.2 Å². The van der Waals surface area contributed by atoms with E-state index < -0.39 is 11.6 Å². The number of ether oxygens (including phenoxy) is 1. The average molecular weight is 313 g/mol. The van der Waals surface area contributed by atoms with Crippen LogP contribution in [-0.2, 0) is 0 Å². The number of methoxy groups -OCH3 is 1. The van der Waals surface area contributed by atoms with Crippen molar-refractivity contribution < 1.29 is 13.5 Å². The van der Waals surface area contributed by atoms with Gasteiger partial charge in [-0.05, 0) is 30.3 Å². The number of rotatable bonds is 4. The molecular weight excluding hydrogens is 300 g/mol. The zero-order valence-electron chi connectivity index (χ0n) is 12.3. The van der Waals surface area contributed by atoms with Crippen molar-refractivity contribution in [3.63, 3.8) is 0 Å². The van der Waals surface area contributed by atoms with Crippen molar-refractivity contribution in [1.29, 1.82) is 0 Å². The van der Waals surface area contributed by atoms with Crippen molar-refractivity contribution in [2.24, 2.45) is 0 Å². The van der Waals surface area contributed by atoms with Gasteiger partial charge in [0.25, 0.3) is 0 Å². The van der Waals surface area contributed by atoms with Crippen LogP contribution in [0.4, 0.5) is 20.4 Å². The molecule has 0 aliphatic rings. The van der Waals surface area contributed by atoms with Crippen molar-refractivity contribution in [2.45, 2.75) is 0 Å². The molecule has 0 saturated heterocycles. The maximum absolute atomic E-state index is 13.8. The summed E-state index contributed by atoms with van der Waals surface area (Å²) in [6.07, 6.45) is 3.09. The molecule has 0 aliphatic heterocycles. The van der Waals surface area contributed by atoms with Crippen molar-refractivity contribution in [3.05, 3.63) is 66.5 Å². The summed E-state index contributed by atoms with van der Waals surface area (Å²) in [4.78, 5) is 8.37. The number of anilines is 2. The lowest BCUT2D eigenvalue weighted by Gasteiger charge is -2.09. The Balaban J connectivity index is 1.86. The third-order valence-electron chi connectivity index (χ3n) is 3.26. The van der Waals surface area contributed by atoms with Gasteiger partial charge in [0.05, 0.1) is 7.11 Å². The molecule has 23 heavy (non-hydrogen) atoms. The standard InChI is InChI=1S/C17H13F2N3O/c1-23-14-6-3-9-20-17(14)22-15-8-7-11(10-21-15)12-4-2-5-13(18)16(12)19/h2-10H,1H3,(H,20,21,22). The van der Waals surface area contributed by atoms with Crippen LogP contribution in [0.1, 0.15) is 0 Å². The highest BCUT2D eigenvalue weighted by Gasteiger charge is 2.10. The number of pyridine rings is 2. The molecule has 0 atom stereocenters. The molecule has 0 unspecified atom stereocenters. The number of nitrogens with one attached hydrogen (secondary N) is 1. The average Bonchev–Trinajstić information content (AvgIpc) is 2.59. The van der Waals surface area contributed by atoms with Crippen LogP contribution >= 0.6 is 0 Å². The van der Waals surface area contributed by atoms with Crippen LogP contribution in [0.2, 0.25) is 0 Å². The molecule has 2 aromatic heterocycles. The molecule has 3 aromatic rings. The van der Waals surface area contributed by atoms with Gasteiger partial charge in [-0.2, -0.15) is 0 Å². The highest BCUT2D eigenvalue weighted by molar-refractivity contribution is 5.66. The van der Waals surface area contributed by atoms with E-state index >= 15 is 0 Å². The summed E-state index contributed by atoms with van der Waals surface area (Å²) < 4.78 is 32.3. The van der Waals surface area contributed by atoms with Gasteiger partial charge < -0.3 is 10.1 Å². The van der Waals surface area contributed by atoms with Gasteiger partial charge in [0.1, 0.15) is 5.82 Å². The highest BCUT2D eigenvalue weighted by atomic mass is 19.2. The molecule has 0 bridgehead atoms. The first-order chi connectivity index (χ1) is 11.2. The van der Waals surface area contributed by atoms with E-state index in [0.29, 0.717) is 22.9 Å². The van der Waals surface area contributed by atoms with Crippen LogP contribution in [0.25, 0.3) is 11.1 Å². The third kappa shape index (κ3) is 3.11. The molecule has 0 fully saturated rings. The van der Waals surface area contributed by atoms with Gasteiger partial charge in [0, 0.05) is 23.5 Å². The summed E-state index contributed by atoms with van der Waals surface area (Å²) >= 11 is 0. The van der Waals surface area contributed by atoms with Gasteiger partial charge in [-0.15, -0.1) is 0 Å². The Kier molecular flexibility index (Phi) is 4.14. The second kappa shape index (κ2) is 6.39. The minimum Gasteiger partial charge on any atom is -0.493 e. The number of hydrogen-bond donors (Lipinski definition) is 1. The van der Waals surface area contributed by atoms with Crippen molar-refractivity contribution in [1.82, 2.24) is 9.97 Å². The molecule has 0 spiro atoms. The van der Waals surface area contributed by atoms with Gasteiger partial charge in [-0.25, -0.2) is 18.7 Å². The first kappa shape index (κ1) is 14.9.